The predicted octanol–water partition coefficient (Wildman–Crippen LogP) is 5.27. The maximum atomic E-state index is 13.7. The number of amides is 3. The van der Waals surface area contributed by atoms with Gasteiger partial charge in [-0.3, -0.25) is 9.59 Å². The number of aliphatic hydroxyl groups is 1. The van der Waals surface area contributed by atoms with Crippen LogP contribution in [0.4, 0.5) is 4.79 Å². The van der Waals surface area contributed by atoms with Crippen LogP contribution in [0.15, 0.2) is 84.9 Å². The van der Waals surface area contributed by atoms with Crippen molar-refractivity contribution < 1.29 is 33.8 Å². The van der Waals surface area contributed by atoms with Gasteiger partial charge in [0.15, 0.2) is 0 Å². The SMILES string of the molecule is CC(C)[C@H]1COC(=O)[C@@H](NC(=O)OCC2c3ccccc3-c3ccccc32)CCC=CC[C@H](CC(=O)N2Cc3ccccc3C[C@H]2CO)C(=O)N1. The number of hydrogen-bond donors (Lipinski definition) is 3. The van der Waals surface area contributed by atoms with Crippen molar-refractivity contribution in [2.45, 2.75) is 76.5 Å². The van der Waals surface area contributed by atoms with E-state index in [1.165, 1.54) is 0 Å². The van der Waals surface area contributed by atoms with Crippen molar-refractivity contribution in [3.8, 4) is 11.1 Å². The van der Waals surface area contributed by atoms with Gasteiger partial charge in [0.05, 0.1) is 24.6 Å². The van der Waals surface area contributed by atoms with Crippen molar-refractivity contribution >= 4 is 23.9 Å². The van der Waals surface area contributed by atoms with E-state index in [1.807, 2.05) is 86.7 Å². The summed E-state index contributed by atoms with van der Waals surface area (Å²) in [6, 6.07) is 22.2. The first kappa shape index (κ1) is 35.9. The molecule has 4 atom stereocenters. The molecule has 2 heterocycles. The van der Waals surface area contributed by atoms with Crippen LogP contribution in [-0.2, 0) is 36.8 Å². The van der Waals surface area contributed by atoms with Gasteiger partial charge in [-0.05, 0) is 65.0 Å². The van der Waals surface area contributed by atoms with E-state index < -0.39 is 30.1 Å². The first-order chi connectivity index (χ1) is 24.7. The Balaban J connectivity index is 1.10. The van der Waals surface area contributed by atoms with E-state index in [0.29, 0.717) is 25.8 Å². The van der Waals surface area contributed by atoms with Gasteiger partial charge in [0.1, 0.15) is 19.3 Å². The maximum absolute atomic E-state index is 13.7. The third kappa shape index (κ3) is 8.34. The number of benzene rings is 3. The number of aliphatic hydroxyl groups excluding tert-OH is 1. The quantitative estimate of drug-likeness (QED) is 0.227. The Morgan fingerprint density at radius 3 is 2.31 bits per heavy atom. The van der Waals surface area contributed by atoms with Crippen LogP contribution >= 0.6 is 0 Å². The summed E-state index contributed by atoms with van der Waals surface area (Å²) in [7, 11) is 0. The van der Waals surface area contributed by atoms with Crippen LogP contribution in [0.1, 0.15) is 67.7 Å². The van der Waals surface area contributed by atoms with Gasteiger partial charge in [-0.25, -0.2) is 9.59 Å². The monoisotopic (exact) mass is 693 g/mol. The molecule has 0 unspecified atom stereocenters. The number of ether oxygens (including phenoxy) is 2. The molecule has 0 saturated heterocycles. The van der Waals surface area contributed by atoms with Gasteiger partial charge in [-0.15, -0.1) is 0 Å². The highest BCUT2D eigenvalue weighted by atomic mass is 16.6. The molecular formula is C41H47N3O7. The summed E-state index contributed by atoms with van der Waals surface area (Å²) < 4.78 is 11.4. The van der Waals surface area contributed by atoms with Crippen molar-refractivity contribution in [1.29, 1.82) is 0 Å². The van der Waals surface area contributed by atoms with E-state index in [4.69, 9.17) is 9.47 Å². The number of allylic oxidation sites excluding steroid dienone is 2. The number of cyclic esters (lactones) is 1. The Labute approximate surface area is 299 Å². The molecule has 3 N–H and O–H groups in total. The third-order valence-corrected chi connectivity index (χ3v) is 10.3. The second-order valence-electron chi connectivity index (χ2n) is 14.0. The largest absolute Gasteiger partial charge is 0.462 e. The highest BCUT2D eigenvalue weighted by Gasteiger charge is 2.34. The minimum absolute atomic E-state index is 0.0224. The molecule has 0 radical (unpaired) electrons. The average Bonchev–Trinajstić information content (AvgIpc) is 3.46. The lowest BCUT2D eigenvalue weighted by Crippen LogP contribution is -2.49. The topological polar surface area (TPSA) is 134 Å². The fourth-order valence-electron chi connectivity index (χ4n) is 7.30. The molecule has 0 spiro atoms. The predicted molar refractivity (Wildman–Crippen MR) is 192 cm³/mol. The molecule has 3 amide bonds. The summed E-state index contributed by atoms with van der Waals surface area (Å²) in [4.78, 5) is 55.4. The van der Waals surface area contributed by atoms with Crippen molar-refractivity contribution in [3.05, 3.63) is 107 Å². The van der Waals surface area contributed by atoms with Crippen molar-refractivity contribution in [2.75, 3.05) is 19.8 Å². The molecule has 3 aromatic rings. The summed E-state index contributed by atoms with van der Waals surface area (Å²) >= 11 is 0. The number of rotatable bonds is 7. The Morgan fingerprint density at radius 1 is 0.961 bits per heavy atom. The van der Waals surface area contributed by atoms with E-state index in [-0.39, 0.29) is 62.4 Å². The van der Waals surface area contributed by atoms with E-state index in [9.17, 15) is 24.3 Å². The van der Waals surface area contributed by atoms with Crippen molar-refractivity contribution in [1.82, 2.24) is 15.5 Å². The van der Waals surface area contributed by atoms with Crippen molar-refractivity contribution in [2.24, 2.45) is 11.8 Å². The molecule has 3 aliphatic rings. The zero-order valence-electron chi connectivity index (χ0n) is 29.3. The van der Waals surface area contributed by atoms with Crippen LogP contribution in [0, 0.1) is 11.8 Å². The fourth-order valence-corrected chi connectivity index (χ4v) is 7.30. The number of alkyl carbamates (subject to hydrolysis) is 1. The van der Waals surface area contributed by atoms with Gasteiger partial charge in [0.2, 0.25) is 11.8 Å². The molecule has 0 saturated carbocycles. The summed E-state index contributed by atoms with van der Waals surface area (Å²) in [6.07, 6.45) is 4.54. The second-order valence-corrected chi connectivity index (χ2v) is 14.0. The molecule has 10 heteroatoms. The van der Waals surface area contributed by atoms with Crippen LogP contribution in [0.25, 0.3) is 11.1 Å². The third-order valence-electron chi connectivity index (χ3n) is 10.3. The van der Waals surface area contributed by atoms with Crippen LogP contribution in [0.2, 0.25) is 0 Å². The smallest absolute Gasteiger partial charge is 0.407 e. The number of nitrogens with zero attached hydrogens (tertiary/aromatic N) is 1. The van der Waals surface area contributed by atoms with E-state index in [2.05, 4.69) is 22.8 Å². The van der Waals surface area contributed by atoms with Gasteiger partial charge in [-0.1, -0.05) is 98.8 Å². The second kappa shape index (κ2) is 16.4. The molecular weight excluding hydrogens is 646 g/mol. The standard InChI is InChI=1S/C41H47N3O7/c1-26(2)37-25-50-40(48)36(43-41(49)51-24-35-33-17-10-8-15-31(33)32-16-9-11-18-34(32)35)19-5-3-4-13-28(39(47)42-37)21-38(46)44-22-29-14-7-6-12-27(29)20-30(44)23-45/h3-4,6-12,14-18,26,28,30,35-37,45H,5,13,19-25H2,1-2H3,(H,42,47)(H,43,49)/t28-,30+,36+,37-/m1/s1. The first-order valence-corrected chi connectivity index (χ1v) is 17.9. The summed E-state index contributed by atoms with van der Waals surface area (Å²) in [5.74, 6) is -1.95. The molecule has 51 heavy (non-hydrogen) atoms. The number of nitrogens with one attached hydrogen (secondary N) is 2. The van der Waals surface area contributed by atoms with E-state index in [1.54, 1.807) is 4.90 Å². The fraction of sp³-hybridized carbons (Fsp3) is 0.415. The van der Waals surface area contributed by atoms with Crippen LogP contribution in [0.5, 0.6) is 0 Å². The first-order valence-electron chi connectivity index (χ1n) is 17.9. The summed E-state index contributed by atoms with van der Waals surface area (Å²) in [5.41, 5.74) is 6.58. The molecule has 0 fully saturated rings. The number of esters is 1. The molecule has 268 valence electrons. The van der Waals surface area contributed by atoms with Crippen LogP contribution in [-0.4, -0.2) is 71.8 Å². The average molecular weight is 694 g/mol. The van der Waals surface area contributed by atoms with Gasteiger partial charge >= 0.3 is 12.1 Å². The van der Waals surface area contributed by atoms with Gasteiger partial charge < -0.3 is 30.1 Å². The zero-order valence-corrected chi connectivity index (χ0v) is 29.3. The lowest BCUT2D eigenvalue weighted by molar-refractivity contribution is -0.148. The summed E-state index contributed by atoms with van der Waals surface area (Å²) in [6.45, 7) is 4.08. The minimum atomic E-state index is -0.954. The molecule has 3 aromatic carbocycles. The molecule has 10 nitrogen and oxygen atoms in total. The van der Waals surface area contributed by atoms with Gasteiger partial charge in [0, 0.05) is 18.9 Å². The molecule has 1 aliphatic carbocycles. The zero-order chi connectivity index (χ0) is 35.9. The normalized spacial score (nSPS) is 22.3. The lowest BCUT2D eigenvalue weighted by atomic mass is 9.92. The Morgan fingerprint density at radius 2 is 1.63 bits per heavy atom. The number of fused-ring (bicyclic) bond motifs is 4. The lowest BCUT2D eigenvalue weighted by Gasteiger charge is -2.36. The van der Waals surface area contributed by atoms with Gasteiger partial charge in [0.25, 0.3) is 0 Å². The Kier molecular flexibility index (Phi) is 11.5. The number of carbonyl (C=O) groups is 4. The molecule has 2 aliphatic heterocycles. The number of carbonyl (C=O) groups excluding carboxylic acids is 4. The molecule has 0 aromatic heterocycles. The van der Waals surface area contributed by atoms with Crippen LogP contribution < -0.4 is 10.6 Å². The van der Waals surface area contributed by atoms with Crippen LogP contribution in [0.3, 0.4) is 0 Å². The Bertz CT molecular complexity index is 1730. The van der Waals surface area contributed by atoms with E-state index in [0.717, 1.165) is 33.4 Å². The number of hydrogen-bond acceptors (Lipinski definition) is 7. The highest BCUT2D eigenvalue weighted by Crippen LogP contribution is 2.44. The minimum Gasteiger partial charge on any atom is -0.462 e. The highest BCUT2D eigenvalue weighted by molar-refractivity contribution is 5.87. The maximum Gasteiger partial charge on any atom is 0.407 e. The Hall–Kier alpha value is -4.96. The molecule has 0 bridgehead atoms. The summed E-state index contributed by atoms with van der Waals surface area (Å²) in [5, 5.41) is 15.8. The van der Waals surface area contributed by atoms with E-state index >= 15 is 0 Å². The molecule has 6 rings (SSSR count). The van der Waals surface area contributed by atoms with Crippen molar-refractivity contribution in [3.63, 3.8) is 0 Å². The van der Waals surface area contributed by atoms with Gasteiger partial charge in [-0.2, -0.15) is 0 Å².